The first-order valence-corrected chi connectivity index (χ1v) is 10.2. The van der Waals surface area contributed by atoms with Gasteiger partial charge in [-0.05, 0) is 36.6 Å². The number of nitrogens with zero attached hydrogens (tertiary/aromatic N) is 1. The number of halogens is 1. The van der Waals surface area contributed by atoms with Crippen LogP contribution in [0.5, 0.6) is 5.75 Å². The van der Waals surface area contributed by atoms with Crippen LogP contribution in [0.4, 0.5) is 0 Å². The van der Waals surface area contributed by atoms with E-state index in [4.69, 9.17) is 14.2 Å². The molecule has 30 heavy (non-hydrogen) atoms. The molecule has 7 heteroatoms. The Hall–Kier alpha value is -1.84. The van der Waals surface area contributed by atoms with Gasteiger partial charge in [-0.15, -0.1) is 24.0 Å². The molecule has 0 aliphatic heterocycles. The maximum Gasteiger partial charge on any atom is 0.191 e. The third kappa shape index (κ3) is 11.4. The Morgan fingerprint density at radius 3 is 2.33 bits per heavy atom. The minimum atomic E-state index is 0. The highest BCUT2D eigenvalue weighted by Crippen LogP contribution is 2.12. The summed E-state index contributed by atoms with van der Waals surface area (Å²) < 4.78 is 16.2. The monoisotopic (exact) mass is 527 g/mol. The number of para-hydroxylation sites is 1. The van der Waals surface area contributed by atoms with E-state index in [2.05, 4.69) is 46.8 Å². The van der Waals surface area contributed by atoms with Gasteiger partial charge in [0, 0.05) is 26.8 Å². The fraction of sp³-hybridized carbons (Fsp3) is 0.435. The SMILES string of the molecule is CCNC(=NCc1ccc(COc2ccccc2)cc1)NCCCOCCOC.I. The molecule has 0 heterocycles. The van der Waals surface area contributed by atoms with Crippen molar-refractivity contribution in [3.05, 3.63) is 65.7 Å². The maximum atomic E-state index is 5.78. The van der Waals surface area contributed by atoms with E-state index >= 15 is 0 Å². The van der Waals surface area contributed by atoms with E-state index in [1.54, 1.807) is 7.11 Å². The molecule has 0 spiro atoms. The van der Waals surface area contributed by atoms with Crippen molar-refractivity contribution in [3.63, 3.8) is 0 Å². The first kappa shape index (κ1) is 26.2. The summed E-state index contributed by atoms with van der Waals surface area (Å²) in [7, 11) is 1.68. The number of hydrogen-bond acceptors (Lipinski definition) is 4. The molecule has 2 aromatic rings. The zero-order valence-corrected chi connectivity index (χ0v) is 20.3. The summed E-state index contributed by atoms with van der Waals surface area (Å²) in [5, 5.41) is 6.61. The molecule has 6 nitrogen and oxygen atoms in total. The van der Waals surface area contributed by atoms with Crippen LogP contribution < -0.4 is 15.4 Å². The first-order valence-electron chi connectivity index (χ1n) is 10.2. The molecule has 0 saturated heterocycles. The molecular weight excluding hydrogens is 493 g/mol. The van der Waals surface area contributed by atoms with Crippen LogP contribution in [0.3, 0.4) is 0 Å². The molecule has 0 saturated carbocycles. The molecule has 0 bridgehead atoms. The van der Waals surface area contributed by atoms with Gasteiger partial charge in [0.05, 0.1) is 19.8 Å². The molecule has 0 aliphatic rings. The smallest absolute Gasteiger partial charge is 0.191 e. The first-order chi connectivity index (χ1) is 14.3. The third-order valence-electron chi connectivity index (χ3n) is 4.13. The molecule has 0 unspecified atom stereocenters. The van der Waals surface area contributed by atoms with Crippen LogP contribution in [0.25, 0.3) is 0 Å². The van der Waals surface area contributed by atoms with Gasteiger partial charge in [-0.3, -0.25) is 0 Å². The third-order valence-corrected chi connectivity index (χ3v) is 4.13. The Labute approximate surface area is 197 Å². The van der Waals surface area contributed by atoms with Gasteiger partial charge in [0.15, 0.2) is 5.96 Å². The minimum Gasteiger partial charge on any atom is -0.489 e. The van der Waals surface area contributed by atoms with E-state index in [1.807, 2.05) is 30.3 Å². The Morgan fingerprint density at radius 2 is 1.63 bits per heavy atom. The summed E-state index contributed by atoms with van der Waals surface area (Å²) in [6, 6.07) is 18.2. The fourth-order valence-electron chi connectivity index (χ4n) is 2.56. The largest absolute Gasteiger partial charge is 0.489 e. The number of hydrogen-bond donors (Lipinski definition) is 2. The molecule has 0 aromatic heterocycles. The summed E-state index contributed by atoms with van der Waals surface area (Å²) in [6.07, 6.45) is 0.921. The van der Waals surface area contributed by atoms with E-state index in [0.717, 1.165) is 42.3 Å². The number of aliphatic imine (C=N–C) groups is 1. The van der Waals surface area contributed by atoms with Crippen LogP contribution in [-0.2, 0) is 22.6 Å². The molecule has 2 N–H and O–H groups in total. The van der Waals surface area contributed by atoms with E-state index in [1.165, 1.54) is 0 Å². The average molecular weight is 527 g/mol. The molecule has 166 valence electrons. The number of rotatable bonds is 13. The van der Waals surface area contributed by atoms with Crippen molar-refractivity contribution in [1.82, 2.24) is 10.6 Å². The molecule has 0 fully saturated rings. The summed E-state index contributed by atoms with van der Waals surface area (Å²) in [5.74, 6) is 1.70. The van der Waals surface area contributed by atoms with Crippen LogP contribution >= 0.6 is 24.0 Å². The highest BCUT2D eigenvalue weighted by atomic mass is 127. The summed E-state index contributed by atoms with van der Waals surface area (Å²) >= 11 is 0. The molecule has 0 amide bonds. The molecule has 0 radical (unpaired) electrons. The van der Waals surface area contributed by atoms with Gasteiger partial charge in [0.1, 0.15) is 12.4 Å². The zero-order valence-electron chi connectivity index (χ0n) is 17.9. The molecule has 2 rings (SSSR count). The van der Waals surface area contributed by atoms with Crippen LogP contribution in [0.1, 0.15) is 24.5 Å². The van der Waals surface area contributed by atoms with Crippen molar-refractivity contribution >= 4 is 29.9 Å². The number of ether oxygens (including phenoxy) is 3. The molecule has 0 atom stereocenters. The lowest BCUT2D eigenvalue weighted by Crippen LogP contribution is -2.38. The van der Waals surface area contributed by atoms with Gasteiger partial charge in [-0.2, -0.15) is 0 Å². The highest BCUT2D eigenvalue weighted by molar-refractivity contribution is 14.0. The van der Waals surface area contributed by atoms with Gasteiger partial charge in [0.2, 0.25) is 0 Å². The van der Waals surface area contributed by atoms with Crippen LogP contribution in [-0.4, -0.2) is 46.0 Å². The number of nitrogens with one attached hydrogen (secondary N) is 2. The maximum absolute atomic E-state index is 5.78. The van der Waals surface area contributed by atoms with E-state index in [9.17, 15) is 0 Å². The quantitative estimate of drug-likeness (QED) is 0.179. The van der Waals surface area contributed by atoms with Crippen molar-refractivity contribution in [3.8, 4) is 5.75 Å². The predicted octanol–water partition coefficient (Wildman–Crippen LogP) is 3.99. The second kappa shape index (κ2) is 16.9. The standard InChI is InChI=1S/C23H33N3O3.HI/c1-3-24-23(25-14-7-15-28-17-16-27-2)26-18-20-10-12-21(13-11-20)19-29-22-8-5-4-6-9-22;/h4-6,8-13H,3,7,14-19H2,1-2H3,(H2,24,25,26);1H. The van der Waals surface area contributed by atoms with Gasteiger partial charge >= 0.3 is 0 Å². The Balaban J connectivity index is 0.00000450. The van der Waals surface area contributed by atoms with Gasteiger partial charge < -0.3 is 24.8 Å². The van der Waals surface area contributed by atoms with Crippen molar-refractivity contribution in [2.45, 2.75) is 26.5 Å². The minimum absolute atomic E-state index is 0. The number of benzene rings is 2. The second-order valence-corrected chi connectivity index (χ2v) is 6.50. The Kier molecular flexibility index (Phi) is 14.8. The van der Waals surface area contributed by atoms with Crippen molar-refractivity contribution in [2.24, 2.45) is 4.99 Å². The lowest BCUT2D eigenvalue weighted by atomic mass is 10.1. The van der Waals surface area contributed by atoms with E-state index < -0.39 is 0 Å². The van der Waals surface area contributed by atoms with E-state index in [0.29, 0.717) is 33.0 Å². The topological polar surface area (TPSA) is 64.1 Å². The summed E-state index contributed by atoms with van der Waals surface area (Å²) in [6.45, 7) is 6.87. The predicted molar refractivity (Wildman–Crippen MR) is 133 cm³/mol. The lowest BCUT2D eigenvalue weighted by molar-refractivity contribution is 0.0698. The zero-order chi connectivity index (χ0) is 20.6. The van der Waals surface area contributed by atoms with Crippen LogP contribution in [0.15, 0.2) is 59.6 Å². The average Bonchev–Trinajstić information content (AvgIpc) is 2.77. The van der Waals surface area contributed by atoms with Crippen LogP contribution in [0, 0.1) is 0 Å². The summed E-state index contributed by atoms with van der Waals surface area (Å²) in [5.41, 5.74) is 2.30. The molecular formula is C23H34IN3O3. The second-order valence-electron chi connectivity index (χ2n) is 6.50. The Morgan fingerprint density at radius 1 is 0.900 bits per heavy atom. The van der Waals surface area contributed by atoms with E-state index in [-0.39, 0.29) is 24.0 Å². The van der Waals surface area contributed by atoms with Gasteiger partial charge in [-0.1, -0.05) is 42.5 Å². The van der Waals surface area contributed by atoms with Gasteiger partial charge in [-0.25, -0.2) is 4.99 Å². The normalized spacial score (nSPS) is 10.9. The lowest BCUT2D eigenvalue weighted by Gasteiger charge is -2.11. The fourth-order valence-corrected chi connectivity index (χ4v) is 2.56. The van der Waals surface area contributed by atoms with Gasteiger partial charge in [0.25, 0.3) is 0 Å². The molecule has 2 aromatic carbocycles. The van der Waals surface area contributed by atoms with Crippen molar-refractivity contribution < 1.29 is 14.2 Å². The van der Waals surface area contributed by atoms with Crippen molar-refractivity contribution in [1.29, 1.82) is 0 Å². The Bertz CT molecular complexity index is 697. The highest BCUT2D eigenvalue weighted by Gasteiger charge is 2.00. The van der Waals surface area contributed by atoms with Crippen molar-refractivity contribution in [2.75, 3.05) is 40.0 Å². The molecule has 0 aliphatic carbocycles. The summed E-state index contributed by atoms with van der Waals surface area (Å²) in [4.78, 5) is 4.66. The number of methoxy groups -OCH3 is 1. The number of guanidine groups is 1. The van der Waals surface area contributed by atoms with Crippen LogP contribution in [0.2, 0.25) is 0 Å².